The van der Waals surface area contributed by atoms with E-state index in [1.807, 2.05) is 0 Å². The van der Waals surface area contributed by atoms with Gasteiger partial charge in [0, 0.05) is 22.6 Å². The summed E-state index contributed by atoms with van der Waals surface area (Å²) in [5.74, 6) is 0.261. The maximum atomic E-state index is 13.4. The smallest absolute Gasteiger partial charge is 0.228 e. The molecule has 7 heteroatoms. The molecule has 2 heterocycles. The molecule has 0 saturated heterocycles. The lowest BCUT2D eigenvalue weighted by Crippen LogP contribution is -2.13. The Kier molecular flexibility index (Phi) is 3.13. The van der Waals surface area contributed by atoms with E-state index in [-0.39, 0.29) is 17.3 Å². The van der Waals surface area contributed by atoms with Crippen LogP contribution in [0, 0.1) is 0 Å². The van der Waals surface area contributed by atoms with Gasteiger partial charge in [-0.05, 0) is 31.0 Å². The molecule has 1 aliphatic carbocycles. The lowest BCUT2D eigenvalue weighted by Gasteiger charge is -2.11. The van der Waals surface area contributed by atoms with Gasteiger partial charge in [0.25, 0.3) is 0 Å². The van der Waals surface area contributed by atoms with Crippen LogP contribution in [0.5, 0.6) is 0 Å². The highest BCUT2D eigenvalue weighted by molar-refractivity contribution is 6.30. The molecule has 1 aliphatic rings. The van der Waals surface area contributed by atoms with E-state index in [1.54, 1.807) is 30.3 Å². The van der Waals surface area contributed by atoms with E-state index in [0.29, 0.717) is 16.3 Å². The topological polar surface area (TPSA) is 30.2 Å². The third-order valence-electron chi connectivity index (χ3n) is 3.87. The van der Waals surface area contributed by atoms with Crippen molar-refractivity contribution in [1.82, 2.24) is 14.6 Å². The fourth-order valence-corrected chi connectivity index (χ4v) is 2.67. The van der Waals surface area contributed by atoms with Crippen molar-refractivity contribution in [3.8, 4) is 11.3 Å². The van der Waals surface area contributed by atoms with Crippen molar-refractivity contribution < 1.29 is 13.2 Å². The highest BCUT2D eigenvalue weighted by atomic mass is 35.5. The van der Waals surface area contributed by atoms with Gasteiger partial charge in [0.2, 0.25) is 0 Å². The van der Waals surface area contributed by atoms with Gasteiger partial charge in [0.15, 0.2) is 11.3 Å². The second-order valence-electron chi connectivity index (χ2n) is 5.64. The number of alkyl halides is 3. The van der Waals surface area contributed by atoms with E-state index in [1.165, 1.54) is 0 Å². The molecule has 23 heavy (non-hydrogen) atoms. The number of rotatable bonds is 2. The average Bonchev–Trinajstić information content (AvgIpc) is 3.25. The molecule has 4 rings (SSSR count). The van der Waals surface area contributed by atoms with Gasteiger partial charge in [-0.25, -0.2) is 9.50 Å². The summed E-state index contributed by atoms with van der Waals surface area (Å²) in [6.07, 6.45) is -2.57. The normalized spacial score (nSPS) is 15.3. The van der Waals surface area contributed by atoms with Gasteiger partial charge in [0.1, 0.15) is 0 Å². The molecule has 3 nitrogen and oxygen atoms in total. The zero-order chi connectivity index (χ0) is 16.2. The van der Waals surface area contributed by atoms with Crippen LogP contribution in [0.1, 0.15) is 30.1 Å². The van der Waals surface area contributed by atoms with E-state index >= 15 is 0 Å². The minimum atomic E-state index is -4.50. The van der Waals surface area contributed by atoms with Gasteiger partial charge >= 0.3 is 6.18 Å². The minimum absolute atomic E-state index is 0.215. The number of hydrogen-bond donors (Lipinski definition) is 0. The van der Waals surface area contributed by atoms with E-state index in [0.717, 1.165) is 23.4 Å². The molecule has 118 valence electrons. The van der Waals surface area contributed by atoms with Crippen molar-refractivity contribution in [2.75, 3.05) is 0 Å². The number of hydrogen-bond acceptors (Lipinski definition) is 2. The Balaban J connectivity index is 1.93. The molecule has 0 radical (unpaired) electrons. The van der Waals surface area contributed by atoms with Crippen LogP contribution in [0.3, 0.4) is 0 Å². The van der Waals surface area contributed by atoms with Gasteiger partial charge in [0.05, 0.1) is 11.4 Å². The summed E-state index contributed by atoms with van der Waals surface area (Å²) in [5, 5.41) is 4.62. The second kappa shape index (κ2) is 4.96. The lowest BCUT2D eigenvalue weighted by atomic mass is 10.1. The molecule has 0 atom stereocenters. The molecule has 1 aromatic carbocycles. The first-order valence-electron chi connectivity index (χ1n) is 7.16. The molecule has 1 saturated carbocycles. The zero-order valence-corrected chi connectivity index (χ0v) is 12.6. The van der Waals surface area contributed by atoms with Gasteiger partial charge in [-0.15, -0.1) is 0 Å². The van der Waals surface area contributed by atoms with Gasteiger partial charge in [-0.3, -0.25) is 0 Å². The summed E-state index contributed by atoms with van der Waals surface area (Å²) in [7, 11) is 0. The minimum Gasteiger partial charge on any atom is -0.228 e. The van der Waals surface area contributed by atoms with Crippen LogP contribution < -0.4 is 0 Å². The predicted molar refractivity (Wildman–Crippen MR) is 80.4 cm³/mol. The van der Waals surface area contributed by atoms with Crippen molar-refractivity contribution in [3.63, 3.8) is 0 Å². The number of aromatic nitrogens is 3. The number of halogens is 4. The third-order valence-corrected chi connectivity index (χ3v) is 4.12. The molecule has 2 aromatic heterocycles. The summed E-state index contributed by atoms with van der Waals surface area (Å²) in [6, 6.07) is 9.23. The van der Waals surface area contributed by atoms with Gasteiger partial charge in [-0.2, -0.15) is 18.3 Å². The van der Waals surface area contributed by atoms with Crippen LogP contribution >= 0.6 is 11.6 Å². The van der Waals surface area contributed by atoms with Gasteiger partial charge in [-0.1, -0.05) is 23.7 Å². The van der Waals surface area contributed by atoms with Crippen LogP contribution in [0.2, 0.25) is 5.02 Å². The molecule has 0 unspecified atom stereocenters. The molecular weight excluding hydrogens is 327 g/mol. The quantitative estimate of drug-likeness (QED) is 0.662. The molecular formula is C16H11ClF3N3. The Bertz CT molecular complexity index is 880. The molecule has 0 spiro atoms. The van der Waals surface area contributed by atoms with Crippen LogP contribution in [0.4, 0.5) is 13.2 Å². The zero-order valence-electron chi connectivity index (χ0n) is 11.8. The SMILES string of the molecule is FC(F)(F)c1cc(-c2ccc(Cl)cc2)nc2cc(C3CC3)nn12. The molecule has 0 aliphatic heterocycles. The lowest BCUT2D eigenvalue weighted by molar-refractivity contribution is -0.142. The summed E-state index contributed by atoms with van der Waals surface area (Å²) < 4.78 is 41.1. The van der Waals surface area contributed by atoms with Crippen LogP contribution in [-0.4, -0.2) is 14.6 Å². The Morgan fingerprint density at radius 1 is 1.09 bits per heavy atom. The first-order valence-corrected chi connectivity index (χ1v) is 7.53. The number of fused-ring (bicyclic) bond motifs is 1. The van der Waals surface area contributed by atoms with Crippen LogP contribution in [-0.2, 0) is 6.18 Å². The molecule has 0 bridgehead atoms. The third kappa shape index (κ3) is 2.67. The fourth-order valence-electron chi connectivity index (χ4n) is 2.54. The average molecular weight is 338 g/mol. The van der Waals surface area contributed by atoms with Gasteiger partial charge < -0.3 is 0 Å². The Morgan fingerprint density at radius 2 is 1.78 bits per heavy atom. The highest BCUT2D eigenvalue weighted by Crippen LogP contribution is 2.40. The van der Waals surface area contributed by atoms with Crippen molar-refractivity contribution in [3.05, 3.63) is 52.8 Å². The molecule has 0 N–H and O–H groups in total. The maximum Gasteiger partial charge on any atom is 0.433 e. The molecule has 1 fully saturated rings. The van der Waals surface area contributed by atoms with Crippen LogP contribution in [0.25, 0.3) is 16.9 Å². The Labute approximate surface area is 134 Å². The van der Waals surface area contributed by atoms with E-state index in [4.69, 9.17) is 11.6 Å². The van der Waals surface area contributed by atoms with Crippen molar-refractivity contribution in [2.24, 2.45) is 0 Å². The Hall–Kier alpha value is -2.08. The highest BCUT2D eigenvalue weighted by Gasteiger charge is 2.36. The second-order valence-corrected chi connectivity index (χ2v) is 6.08. The molecule has 3 aromatic rings. The number of benzene rings is 1. The summed E-state index contributed by atoms with van der Waals surface area (Å²) in [6.45, 7) is 0. The van der Waals surface area contributed by atoms with Crippen molar-refractivity contribution in [1.29, 1.82) is 0 Å². The standard InChI is InChI=1S/C16H11ClF3N3/c17-11-5-3-9(4-6-11)12-7-14(16(18,19)20)23-15(21-12)8-13(22-23)10-1-2-10/h3-8,10H,1-2H2. The monoisotopic (exact) mass is 337 g/mol. The van der Waals surface area contributed by atoms with E-state index in [2.05, 4.69) is 10.1 Å². The number of nitrogens with zero attached hydrogens (tertiary/aromatic N) is 3. The Morgan fingerprint density at radius 3 is 2.39 bits per heavy atom. The molecule has 0 amide bonds. The predicted octanol–water partition coefficient (Wildman–Crippen LogP) is 4.95. The largest absolute Gasteiger partial charge is 0.433 e. The summed E-state index contributed by atoms with van der Waals surface area (Å²) in [5.41, 5.74) is 0.905. The fraction of sp³-hybridized carbons (Fsp3) is 0.250. The van der Waals surface area contributed by atoms with Crippen LogP contribution in [0.15, 0.2) is 36.4 Å². The maximum absolute atomic E-state index is 13.4. The van der Waals surface area contributed by atoms with E-state index in [9.17, 15) is 13.2 Å². The van der Waals surface area contributed by atoms with Crippen molar-refractivity contribution in [2.45, 2.75) is 24.9 Å². The first kappa shape index (κ1) is 14.5. The summed E-state index contributed by atoms with van der Waals surface area (Å²) >= 11 is 5.83. The first-order chi connectivity index (χ1) is 10.9. The van der Waals surface area contributed by atoms with E-state index < -0.39 is 11.9 Å². The van der Waals surface area contributed by atoms with Crippen molar-refractivity contribution >= 4 is 17.2 Å². The summed E-state index contributed by atoms with van der Waals surface area (Å²) in [4.78, 5) is 4.34.